The lowest BCUT2D eigenvalue weighted by molar-refractivity contribution is -0.892. The molecule has 3 heterocycles. The summed E-state index contributed by atoms with van der Waals surface area (Å²) in [5.41, 5.74) is 2.23. The van der Waals surface area contributed by atoms with Crippen LogP contribution in [-0.2, 0) is 11.3 Å². The Hall–Kier alpha value is -2.38. The van der Waals surface area contributed by atoms with E-state index in [0.29, 0.717) is 42.6 Å². The lowest BCUT2D eigenvalue weighted by Gasteiger charge is -2.23. The number of ether oxygens (including phenoxy) is 2. The molecule has 1 N–H and O–H groups in total. The first-order valence-corrected chi connectivity index (χ1v) is 8.70. The molecule has 1 amide bonds. The summed E-state index contributed by atoms with van der Waals surface area (Å²) >= 11 is 1.65. The summed E-state index contributed by atoms with van der Waals surface area (Å²) in [6.45, 7) is 2.14. The van der Waals surface area contributed by atoms with Crippen LogP contribution in [0.25, 0.3) is 0 Å². The van der Waals surface area contributed by atoms with Gasteiger partial charge in [-0.05, 0) is 22.9 Å². The average Bonchev–Trinajstić information content (AvgIpc) is 3.16. The number of carbonyl (C=O) groups is 2. The van der Waals surface area contributed by atoms with E-state index >= 15 is 0 Å². The summed E-state index contributed by atoms with van der Waals surface area (Å²) in [6, 6.07) is 5.43. The number of nitrogens with zero attached hydrogens (tertiary/aromatic N) is 1. The molecule has 0 bridgehead atoms. The van der Waals surface area contributed by atoms with Gasteiger partial charge in [0.25, 0.3) is 5.78 Å². The number of thiophene rings is 1. The Labute approximate surface area is 143 Å². The summed E-state index contributed by atoms with van der Waals surface area (Å²) < 4.78 is 11.1. The fourth-order valence-corrected chi connectivity index (χ4v) is 3.72. The minimum absolute atomic E-state index is 0.396. The standard InChI is InChI=1S/C17H16N2O4S/c1-18(8-11-2-5-24-9-11)10-19-13-7-15-14(22-3-4-23-15)6-12(13)16(20)17(19)21/h2,5-7,9H,3-4,8,10H2,1H3/p+1. The van der Waals surface area contributed by atoms with E-state index in [-0.39, 0.29) is 0 Å². The molecule has 0 saturated heterocycles. The summed E-state index contributed by atoms with van der Waals surface area (Å²) in [5.74, 6) is 0.146. The Morgan fingerprint density at radius 3 is 2.67 bits per heavy atom. The number of carbonyl (C=O) groups excluding carboxylic acids is 2. The molecule has 1 unspecified atom stereocenters. The van der Waals surface area contributed by atoms with Crippen LogP contribution in [0.3, 0.4) is 0 Å². The van der Waals surface area contributed by atoms with Gasteiger partial charge in [-0.2, -0.15) is 11.3 Å². The fourth-order valence-electron chi connectivity index (χ4n) is 3.05. The minimum atomic E-state index is -0.489. The maximum Gasteiger partial charge on any atom is 0.303 e. The number of quaternary nitrogens is 1. The van der Waals surface area contributed by atoms with Crippen LogP contribution in [0.2, 0.25) is 0 Å². The molecule has 124 valence electrons. The number of rotatable bonds is 4. The van der Waals surface area contributed by atoms with Crippen molar-refractivity contribution in [1.82, 2.24) is 0 Å². The molecule has 4 rings (SSSR count). The summed E-state index contributed by atoms with van der Waals surface area (Å²) in [4.78, 5) is 27.4. The summed E-state index contributed by atoms with van der Waals surface area (Å²) in [6.07, 6.45) is 0. The Kier molecular flexibility index (Phi) is 3.74. The molecule has 6 nitrogen and oxygen atoms in total. The Balaban J connectivity index is 1.60. The lowest BCUT2D eigenvalue weighted by Crippen LogP contribution is -3.09. The van der Waals surface area contributed by atoms with Gasteiger partial charge < -0.3 is 14.4 Å². The molecule has 7 heteroatoms. The highest BCUT2D eigenvalue weighted by atomic mass is 32.1. The number of benzene rings is 1. The predicted molar refractivity (Wildman–Crippen MR) is 89.0 cm³/mol. The average molecular weight is 345 g/mol. The maximum absolute atomic E-state index is 12.4. The van der Waals surface area contributed by atoms with E-state index in [4.69, 9.17) is 9.47 Å². The molecule has 0 aliphatic carbocycles. The van der Waals surface area contributed by atoms with Crippen LogP contribution in [0.5, 0.6) is 11.5 Å². The normalized spacial score (nSPS) is 17.1. The molecule has 2 aromatic rings. The fraction of sp³-hybridized carbons (Fsp3) is 0.294. The van der Waals surface area contributed by atoms with Crippen molar-refractivity contribution in [3.8, 4) is 11.5 Å². The second kappa shape index (κ2) is 5.92. The van der Waals surface area contributed by atoms with E-state index < -0.39 is 11.7 Å². The number of hydrogen-bond donors (Lipinski definition) is 1. The van der Waals surface area contributed by atoms with Crippen LogP contribution in [-0.4, -0.2) is 38.6 Å². The Morgan fingerprint density at radius 1 is 1.21 bits per heavy atom. The Bertz CT molecular complexity index is 803. The molecule has 0 spiro atoms. The SMILES string of the molecule is C[NH+](Cc1ccsc1)CN1C(=O)C(=O)c2cc3c(cc21)OCCO3. The summed E-state index contributed by atoms with van der Waals surface area (Å²) in [5, 5.41) is 4.13. The Morgan fingerprint density at radius 2 is 1.96 bits per heavy atom. The first kappa shape index (κ1) is 15.2. The first-order valence-electron chi connectivity index (χ1n) is 7.75. The number of ketones is 1. The van der Waals surface area contributed by atoms with E-state index in [2.05, 4.69) is 11.4 Å². The smallest absolute Gasteiger partial charge is 0.303 e. The van der Waals surface area contributed by atoms with Crippen molar-refractivity contribution in [3.05, 3.63) is 40.1 Å². The molecule has 2 aliphatic rings. The molecule has 24 heavy (non-hydrogen) atoms. The topological polar surface area (TPSA) is 60.3 Å². The van der Waals surface area contributed by atoms with Gasteiger partial charge in [0.1, 0.15) is 19.8 Å². The molecule has 1 aromatic carbocycles. The number of anilines is 1. The van der Waals surface area contributed by atoms with Crippen molar-refractivity contribution >= 4 is 28.7 Å². The van der Waals surface area contributed by atoms with E-state index in [0.717, 1.165) is 11.4 Å². The second-order valence-electron chi connectivity index (χ2n) is 6.00. The van der Waals surface area contributed by atoms with Crippen molar-refractivity contribution in [1.29, 1.82) is 0 Å². The number of Topliss-reactive ketones (excluding diaryl/α,β-unsaturated/α-hetero) is 1. The van der Waals surface area contributed by atoms with Gasteiger partial charge in [-0.1, -0.05) is 0 Å². The highest BCUT2D eigenvalue weighted by molar-refractivity contribution is 7.07. The maximum atomic E-state index is 12.4. The molecule has 2 aliphatic heterocycles. The molecule has 0 saturated carbocycles. The quantitative estimate of drug-likeness (QED) is 0.830. The summed E-state index contributed by atoms with van der Waals surface area (Å²) in [7, 11) is 2.01. The minimum Gasteiger partial charge on any atom is -0.486 e. The van der Waals surface area contributed by atoms with Gasteiger partial charge in [-0.25, -0.2) is 0 Å². The van der Waals surface area contributed by atoms with Crippen molar-refractivity contribution in [2.75, 3.05) is 31.8 Å². The van der Waals surface area contributed by atoms with E-state index in [1.807, 2.05) is 12.4 Å². The first-order chi connectivity index (χ1) is 11.6. The molecule has 1 atom stereocenters. The van der Waals surface area contributed by atoms with Crippen molar-refractivity contribution in [3.63, 3.8) is 0 Å². The largest absolute Gasteiger partial charge is 0.486 e. The third-order valence-electron chi connectivity index (χ3n) is 4.15. The number of nitrogens with one attached hydrogen (secondary N) is 1. The predicted octanol–water partition coefficient (Wildman–Crippen LogP) is 0.721. The second-order valence-corrected chi connectivity index (χ2v) is 6.78. The van der Waals surface area contributed by atoms with E-state index in [9.17, 15) is 9.59 Å². The van der Waals surface area contributed by atoms with E-state index in [1.165, 1.54) is 10.5 Å². The van der Waals surface area contributed by atoms with Crippen LogP contribution >= 0.6 is 11.3 Å². The molecular formula is C17H17N2O4S+. The van der Waals surface area contributed by atoms with Gasteiger partial charge in [-0.3, -0.25) is 14.5 Å². The number of amides is 1. The van der Waals surface area contributed by atoms with Gasteiger partial charge in [0, 0.05) is 11.6 Å². The third kappa shape index (κ3) is 2.55. The van der Waals surface area contributed by atoms with Gasteiger partial charge in [0.05, 0.1) is 18.3 Å². The van der Waals surface area contributed by atoms with Crippen LogP contribution in [0.4, 0.5) is 5.69 Å². The van der Waals surface area contributed by atoms with Gasteiger partial charge in [0.15, 0.2) is 18.2 Å². The zero-order valence-electron chi connectivity index (χ0n) is 13.2. The van der Waals surface area contributed by atoms with Crippen LogP contribution in [0, 0.1) is 0 Å². The lowest BCUT2D eigenvalue weighted by atomic mass is 10.1. The van der Waals surface area contributed by atoms with Crippen LogP contribution in [0.1, 0.15) is 15.9 Å². The van der Waals surface area contributed by atoms with Crippen molar-refractivity contribution in [2.24, 2.45) is 0 Å². The number of hydrogen-bond acceptors (Lipinski definition) is 5. The van der Waals surface area contributed by atoms with Crippen molar-refractivity contribution in [2.45, 2.75) is 6.54 Å². The zero-order chi connectivity index (χ0) is 16.7. The molecule has 0 radical (unpaired) electrons. The monoisotopic (exact) mass is 345 g/mol. The highest BCUT2D eigenvalue weighted by Crippen LogP contribution is 2.40. The van der Waals surface area contributed by atoms with Gasteiger partial charge >= 0.3 is 5.91 Å². The van der Waals surface area contributed by atoms with Crippen LogP contribution < -0.4 is 19.3 Å². The van der Waals surface area contributed by atoms with Gasteiger partial charge in [0.2, 0.25) is 0 Å². The van der Waals surface area contributed by atoms with Gasteiger partial charge in [-0.15, -0.1) is 0 Å². The highest BCUT2D eigenvalue weighted by Gasteiger charge is 2.39. The zero-order valence-corrected chi connectivity index (χ0v) is 14.0. The molecule has 0 fully saturated rings. The molecule has 1 aromatic heterocycles. The number of fused-ring (bicyclic) bond motifs is 2. The van der Waals surface area contributed by atoms with Crippen molar-refractivity contribution < 1.29 is 24.0 Å². The molecular weight excluding hydrogens is 328 g/mol. The third-order valence-corrected chi connectivity index (χ3v) is 4.88. The van der Waals surface area contributed by atoms with Crippen LogP contribution in [0.15, 0.2) is 29.0 Å². The van der Waals surface area contributed by atoms with E-state index in [1.54, 1.807) is 23.5 Å².